The van der Waals surface area contributed by atoms with E-state index >= 15 is 0 Å². The SMILES string of the molecule is CC1CCN(C(=O)N[C@H](C)CO)C1. The molecule has 0 aromatic rings. The van der Waals surface area contributed by atoms with E-state index < -0.39 is 0 Å². The molecule has 0 saturated carbocycles. The normalized spacial score (nSPS) is 24.5. The zero-order valence-corrected chi connectivity index (χ0v) is 8.29. The molecule has 1 heterocycles. The average molecular weight is 186 g/mol. The third-order valence-electron chi connectivity index (χ3n) is 2.35. The first-order valence-corrected chi connectivity index (χ1v) is 4.79. The van der Waals surface area contributed by atoms with Crippen LogP contribution in [-0.4, -0.2) is 41.8 Å². The first kappa shape index (κ1) is 10.3. The fourth-order valence-corrected chi connectivity index (χ4v) is 1.47. The Labute approximate surface area is 78.9 Å². The van der Waals surface area contributed by atoms with Gasteiger partial charge in [0.05, 0.1) is 12.6 Å². The summed E-state index contributed by atoms with van der Waals surface area (Å²) in [5.41, 5.74) is 0. The van der Waals surface area contributed by atoms with Gasteiger partial charge in [-0.2, -0.15) is 0 Å². The maximum absolute atomic E-state index is 11.5. The van der Waals surface area contributed by atoms with Crippen molar-refractivity contribution < 1.29 is 9.90 Å². The van der Waals surface area contributed by atoms with Crippen LogP contribution in [0.4, 0.5) is 4.79 Å². The smallest absolute Gasteiger partial charge is 0.317 e. The van der Waals surface area contributed by atoms with Gasteiger partial charge >= 0.3 is 6.03 Å². The number of carbonyl (C=O) groups is 1. The molecule has 0 aromatic carbocycles. The van der Waals surface area contributed by atoms with Crippen molar-refractivity contribution in [2.24, 2.45) is 5.92 Å². The molecule has 1 aliphatic rings. The van der Waals surface area contributed by atoms with Gasteiger partial charge in [0, 0.05) is 13.1 Å². The van der Waals surface area contributed by atoms with Gasteiger partial charge in [-0.05, 0) is 19.3 Å². The number of aliphatic hydroxyl groups excluding tert-OH is 1. The molecule has 1 rings (SSSR count). The molecule has 0 aliphatic carbocycles. The van der Waals surface area contributed by atoms with E-state index in [-0.39, 0.29) is 18.7 Å². The highest BCUT2D eigenvalue weighted by molar-refractivity contribution is 5.74. The monoisotopic (exact) mass is 186 g/mol. The molecule has 1 aliphatic heterocycles. The van der Waals surface area contributed by atoms with Crippen molar-refractivity contribution in [1.82, 2.24) is 10.2 Å². The van der Waals surface area contributed by atoms with Crippen molar-refractivity contribution >= 4 is 6.03 Å². The van der Waals surface area contributed by atoms with Crippen LogP contribution in [0.15, 0.2) is 0 Å². The Morgan fingerprint density at radius 2 is 2.46 bits per heavy atom. The van der Waals surface area contributed by atoms with E-state index in [1.54, 1.807) is 11.8 Å². The van der Waals surface area contributed by atoms with Crippen LogP contribution in [0.5, 0.6) is 0 Å². The molecule has 4 nitrogen and oxygen atoms in total. The molecule has 0 spiro atoms. The van der Waals surface area contributed by atoms with E-state index in [1.807, 2.05) is 0 Å². The van der Waals surface area contributed by atoms with Crippen molar-refractivity contribution in [1.29, 1.82) is 0 Å². The lowest BCUT2D eigenvalue weighted by Crippen LogP contribution is -2.44. The summed E-state index contributed by atoms with van der Waals surface area (Å²) < 4.78 is 0. The Hall–Kier alpha value is -0.770. The molecular weight excluding hydrogens is 168 g/mol. The predicted octanol–water partition coefficient (Wildman–Crippen LogP) is 0.419. The van der Waals surface area contributed by atoms with Crippen LogP contribution in [0.1, 0.15) is 20.3 Å². The Kier molecular flexibility index (Phi) is 3.54. The summed E-state index contributed by atoms with van der Waals surface area (Å²) in [4.78, 5) is 13.3. The van der Waals surface area contributed by atoms with Gasteiger partial charge in [0.15, 0.2) is 0 Å². The number of nitrogens with zero attached hydrogens (tertiary/aromatic N) is 1. The summed E-state index contributed by atoms with van der Waals surface area (Å²) in [6.07, 6.45) is 1.08. The van der Waals surface area contributed by atoms with Crippen LogP contribution in [0.3, 0.4) is 0 Å². The quantitative estimate of drug-likeness (QED) is 0.656. The Bertz CT molecular complexity index is 184. The summed E-state index contributed by atoms with van der Waals surface area (Å²) in [6, 6.07) is -0.200. The van der Waals surface area contributed by atoms with Gasteiger partial charge in [0.1, 0.15) is 0 Å². The third-order valence-corrected chi connectivity index (χ3v) is 2.35. The van der Waals surface area contributed by atoms with Crippen molar-refractivity contribution in [3.8, 4) is 0 Å². The Morgan fingerprint density at radius 1 is 1.77 bits per heavy atom. The minimum Gasteiger partial charge on any atom is -0.394 e. The number of aliphatic hydroxyl groups is 1. The van der Waals surface area contributed by atoms with Gasteiger partial charge in [0.2, 0.25) is 0 Å². The maximum Gasteiger partial charge on any atom is 0.317 e. The second-order valence-electron chi connectivity index (χ2n) is 3.87. The Morgan fingerprint density at radius 3 is 2.92 bits per heavy atom. The molecule has 0 bridgehead atoms. The number of hydrogen-bond acceptors (Lipinski definition) is 2. The van der Waals surface area contributed by atoms with E-state index in [4.69, 9.17) is 5.11 Å². The van der Waals surface area contributed by atoms with Crippen molar-refractivity contribution in [2.45, 2.75) is 26.3 Å². The standard InChI is InChI=1S/C9H18N2O2/c1-7-3-4-11(5-7)9(13)10-8(2)6-12/h7-8,12H,3-6H2,1-2H3,(H,10,13)/t7?,8-/m1/s1. The highest BCUT2D eigenvalue weighted by Gasteiger charge is 2.23. The fourth-order valence-electron chi connectivity index (χ4n) is 1.47. The summed E-state index contributed by atoms with van der Waals surface area (Å²) in [7, 11) is 0. The zero-order chi connectivity index (χ0) is 9.84. The van der Waals surface area contributed by atoms with Crippen molar-refractivity contribution in [2.75, 3.05) is 19.7 Å². The molecule has 13 heavy (non-hydrogen) atoms. The molecule has 2 atom stereocenters. The maximum atomic E-state index is 11.5. The summed E-state index contributed by atoms with van der Waals surface area (Å²) in [5, 5.41) is 11.5. The van der Waals surface area contributed by atoms with Crippen molar-refractivity contribution in [3.63, 3.8) is 0 Å². The number of hydrogen-bond donors (Lipinski definition) is 2. The molecule has 0 aromatic heterocycles. The van der Waals surface area contributed by atoms with Gasteiger partial charge in [-0.25, -0.2) is 4.79 Å². The Balaban J connectivity index is 2.31. The van der Waals surface area contributed by atoms with Crippen LogP contribution >= 0.6 is 0 Å². The number of carbonyl (C=O) groups excluding carboxylic acids is 1. The summed E-state index contributed by atoms with van der Waals surface area (Å²) in [5.74, 6) is 0.607. The molecule has 1 fully saturated rings. The number of nitrogens with one attached hydrogen (secondary N) is 1. The first-order chi connectivity index (χ1) is 6.13. The number of rotatable bonds is 2. The first-order valence-electron chi connectivity index (χ1n) is 4.79. The molecule has 1 unspecified atom stereocenters. The fraction of sp³-hybridized carbons (Fsp3) is 0.889. The van der Waals surface area contributed by atoms with Gasteiger partial charge in [-0.15, -0.1) is 0 Å². The molecule has 2 amide bonds. The van der Waals surface area contributed by atoms with Gasteiger partial charge in [-0.1, -0.05) is 6.92 Å². The highest BCUT2D eigenvalue weighted by Crippen LogP contribution is 2.14. The van der Waals surface area contributed by atoms with E-state index in [2.05, 4.69) is 12.2 Å². The molecule has 2 N–H and O–H groups in total. The van der Waals surface area contributed by atoms with E-state index in [1.165, 1.54) is 0 Å². The molecule has 76 valence electrons. The number of likely N-dealkylation sites (tertiary alicyclic amines) is 1. The molecular formula is C9H18N2O2. The molecule has 1 saturated heterocycles. The van der Waals surface area contributed by atoms with Gasteiger partial charge in [-0.3, -0.25) is 0 Å². The van der Waals surface area contributed by atoms with Crippen LogP contribution in [0.2, 0.25) is 0 Å². The van der Waals surface area contributed by atoms with Crippen molar-refractivity contribution in [3.05, 3.63) is 0 Å². The second kappa shape index (κ2) is 4.46. The minimum absolute atomic E-state index is 0.00483. The van der Waals surface area contributed by atoms with Crippen LogP contribution in [0.25, 0.3) is 0 Å². The molecule has 4 heteroatoms. The van der Waals surface area contributed by atoms with E-state index in [9.17, 15) is 4.79 Å². The third kappa shape index (κ3) is 2.88. The van der Waals surface area contributed by atoms with E-state index in [0.717, 1.165) is 19.5 Å². The van der Waals surface area contributed by atoms with Crippen LogP contribution < -0.4 is 5.32 Å². The second-order valence-corrected chi connectivity index (χ2v) is 3.87. The number of urea groups is 1. The predicted molar refractivity (Wildman–Crippen MR) is 50.4 cm³/mol. The highest BCUT2D eigenvalue weighted by atomic mass is 16.3. The summed E-state index contributed by atoms with van der Waals surface area (Å²) in [6.45, 7) is 5.60. The lowest BCUT2D eigenvalue weighted by Gasteiger charge is -2.19. The van der Waals surface area contributed by atoms with Crippen LogP contribution in [0, 0.1) is 5.92 Å². The minimum atomic E-state index is -0.150. The van der Waals surface area contributed by atoms with Gasteiger partial charge in [0.25, 0.3) is 0 Å². The zero-order valence-electron chi connectivity index (χ0n) is 8.29. The largest absolute Gasteiger partial charge is 0.394 e. The average Bonchev–Trinajstić information content (AvgIpc) is 2.51. The van der Waals surface area contributed by atoms with Crippen LogP contribution in [-0.2, 0) is 0 Å². The lowest BCUT2D eigenvalue weighted by molar-refractivity contribution is 0.192. The molecule has 0 radical (unpaired) electrons. The number of amides is 2. The van der Waals surface area contributed by atoms with Gasteiger partial charge < -0.3 is 15.3 Å². The topological polar surface area (TPSA) is 52.6 Å². The van der Waals surface area contributed by atoms with E-state index in [0.29, 0.717) is 5.92 Å². The summed E-state index contributed by atoms with van der Waals surface area (Å²) >= 11 is 0. The lowest BCUT2D eigenvalue weighted by atomic mass is 10.2.